The van der Waals surface area contributed by atoms with Crippen LogP contribution in [0.15, 0.2) is 11.1 Å². The van der Waals surface area contributed by atoms with Gasteiger partial charge in [-0.1, -0.05) is 29.5 Å². The second-order valence-electron chi connectivity index (χ2n) is 5.07. The number of carbonyl (C=O) groups excluding carboxylic acids is 2. The number of allylic oxidation sites excluding steroid dienone is 1. The highest BCUT2D eigenvalue weighted by Gasteiger charge is 2.18. The van der Waals surface area contributed by atoms with Crippen molar-refractivity contribution in [1.82, 2.24) is 10.6 Å². The summed E-state index contributed by atoms with van der Waals surface area (Å²) < 4.78 is 6.20. The number of amides is 2. The van der Waals surface area contributed by atoms with E-state index in [2.05, 4.69) is 33.2 Å². The van der Waals surface area contributed by atoms with Crippen molar-refractivity contribution >= 4 is 46.4 Å². The largest absolute Gasteiger partial charge is 0.465 e. The van der Waals surface area contributed by atoms with Gasteiger partial charge in [-0.3, -0.25) is 4.79 Å². The van der Waals surface area contributed by atoms with Gasteiger partial charge in [0.05, 0.1) is 17.9 Å². The molecule has 0 aromatic heterocycles. The van der Waals surface area contributed by atoms with E-state index in [-0.39, 0.29) is 23.3 Å². The second kappa shape index (κ2) is 10.3. The molecule has 1 aliphatic rings. The summed E-state index contributed by atoms with van der Waals surface area (Å²) in [5.41, 5.74) is 0.854. The third kappa shape index (κ3) is 7.94. The number of thioether (sulfide) groups is 1. The molecule has 5 nitrogen and oxygen atoms in total. The van der Waals surface area contributed by atoms with Gasteiger partial charge in [0.15, 0.2) is 0 Å². The summed E-state index contributed by atoms with van der Waals surface area (Å²) in [6.07, 6.45) is 3.41. The Hall–Kier alpha value is -0.440. The van der Waals surface area contributed by atoms with Crippen molar-refractivity contribution in [3.63, 3.8) is 0 Å². The van der Waals surface area contributed by atoms with E-state index < -0.39 is 0 Å². The lowest BCUT2D eigenvalue weighted by Gasteiger charge is -2.15. The van der Waals surface area contributed by atoms with E-state index in [1.807, 2.05) is 19.3 Å². The summed E-state index contributed by atoms with van der Waals surface area (Å²) in [6, 6.07) is -0.162. The predicted octanol–water partition coefficient (Wildman–Crippen LogP) is 3.39. The molecule has 0 aliphatic carbocycles. The molecule has 0 aromatic carbocycles. The molecule has 0 bridgehead atoms. The quantitative estimate of drug-likeness (QED) is 0.270. The Bertz CT molecular complexity index is 390. The van der Waals surface area contributed by atoms with Gasteiger partial charge in [-0.25, -0.2) is 4.79 Å². The number of hydrogen-bond donors (Lipinski definition) is 2. The lowest BCUT2D eigenvalue weighted by atomic mass is 10.0. The van der Waals surface area contributed by atoms with Crippen molar-refractivity contribution in [3.05, 3.63) is 11.1 Å². The Labute approximate surface area is 144 Å². The third-order valence-electron chi connectivity index (χ3n) is 3.04. The summed E-state index contributed by atoms with van der Waals surface area (Å²) in [7, 11) is 0. The van der Waals surface area contributed by atoms with Gasteiger partial charge in [-0.15, -0.1) is 11.8 Å². The van der Waals surface area contributed by atoms with Crippen LogP contribution in [0.4, 0.5) is 4.79 Å². The van der Waals surface area contributed by atoms with Crippen LogP contribution in [0.25, 0.3) is 0 Å². The third-order valence-corrected chi connectivity index (χ3v) is 4.97. The Morgan fingerprint density at radius 1 is 1.52 bits per heavy atom. The number of halogens is 1. The molecular formula is C14H23IN2O3S. The van der Waals surface area contributed by atoms with Crippen molar-refractivity contribution < 1.29 is 14.3 Å². The van der Waals surface area contributed by atoms with Gasteiger partial charge in [0.25, 0.3) is 0 Å². The second-order valence-corrected chi connectivity index (χ2v) is 7.22. The molecule has 2 N–H and O–H groups in total. The maximum absolute atomic E-state index is 11.7. The summed E-state index contributed by atoms with van der Waals surface area (Å²) in [6.45, 7) is 4.27. The van der Waals surface area contributed by atoms with Gasteiger partial charge in [0.1, 0.15) is 0 Å². The molecule has 7 heteroatoms. The van der Waals surface area contributed by atoms with E-state index in [9.17, 15) is 9.59 Å². The molecule has 1 rings (SSSR count). The minimum Gasteiger partial charge on any atom is -0.465 e. The highest BCUT2D eigenvalue weighted by Crippen LogP contribution is 2.21. The van der Waals surface area contributed by atoms with Crippen LogP contribution in [0.2, 0.25) is 0 Å². The zero-order valence-corrected chi connectivity index (χ0v) is 15.5. The Morgan fingerprint density at radius 3 is 3.00 bits per heavy atom. The first-order chi connectivity index (χ1) is 10.0. The summed E-state index contributed by atoms with van der Waals surface area (Å²) in [5, 5.41) is 7.64. The molecule has 0 fully saturated rings. The predicted molar refractivity (Wildman–Crippen MR) is 94.3 cm³/mol. The fourth-order valence-electron chi connectivity index (χ4n) is 1.85. The van der Waals surface area contributed by atoms with Crippen molar-refractivity contribution in [1.29, 1.82) is 0 Å². The van der Waals surface area contributed by atoms with Gasteiger partial charge in [0, 0.05) is 10.1 Å². The molecule has 2 unspecified atom stereocenters. The number of ether oxygens (including phenoxy) is 1. The first-order valence-electron chi connectivity index (χ1n) is 7.15. The number of nitrogens with one attached hydrogen (secondary N) is 2. The van der Waals surface area contributed by atoms with Crippen LogP contribution in [0, 0.1) is 5.92 Å². The molecule has 1 aliphatic heterocycles. The number of alkyl halides is 1. The van der Waals surface area contributed by atoms with Gasteiger partial charge < -0.3 is 15.4 Å². The Morgan fingerprint density at radius 2 is 2.29 bits per heavy atom. The molecule has 2 atom stereocenters. The zero-order chi connectivity index (χ0) is 15.7. The maximum Gasteiger partial charge on any atom is 0.319 e. The van der Waals surface area contributed by atoms with Gasteiger partial charge in [-0.2, -0.15) is 0 Å². The fraction of sp³-hybridized carbons (Fsp3) is 0.714. The normalized spacial score (nSPS) is 19.9. The number of esters is 1. The number of rotatable bonds is 8. The van der Waals surface area contributed by atoms with Crippen molar-refractivity contribution in [2.45, 2.75) is 44.9 Å². The van der Waals surface area contributed by atoms with E-state index in [0.717, 1.165) is 35.8 Å². The Balaban J connectivity index is 2.23. The average Bonchev–Trinajstić information content (AvgIpc) is 2.59. The number of urea groups is 1. The van der Waals surface area contributed by atoms with Crippen molar-refractivity contribution in [2.24, 2.45) is 5.92 Å². The molecule has 0 saturated heterocycles. The number of carbonyl (C=O) groups is 2. The van der Waals surface area contributed by atoms with Gasteiger partial charge in [0.2, 0.25) is 0 Å². The lowest BCUT2D eigenvalue weighted by molar-refractivity contribution is -0.148. The zero-order valence-electron chi connectivity index (χ0n) is 12.5. The van der Waals surface area contributed by atoms with Crippen LogP contribution in [-0.4, -0.2) is 28.4 Å². The molecule has 0 spiro atoms. The van der Waals surface area contributed by atoms with E-state index in [0.29, 0.717) is 6.61 Å². The van der Waals surface area contributed by atoms with Crippen LogP contribution < -0.4 is 10.6 Å². The SMILES string of the molecule is CC1=CSC(CCCC(C)C(=O)OCCCI)NC(=O)N1. The summed E-state index contributed by atoms with van der Waals surface area (Å²) in [5.74, 6) is -0.198. The maximum atomic E-state index is 11.7. The Kier molecular flexibility index (Phi) is 9.14. The van der Waals surface area contributed by atoms with Crippen molar-refractivity contribution in [2.75, 3.05) is 11.0 Å². The van der Waals surface area contributed by atoms with E-state index in [4.69, 9.17) is 4.74 Å². The first kappa shape index (κ1) is 18.6. The molecule has 0 radical (unpaired) electrons. The molecule has 120 valence electrons. The van der Waals surface area contributed by atoms with Crippen molar-refractivity contribution in [3.8, 4) is 0 Å². The fourth-order valence-corrected chi connectivity index (χ4v) is 3.06. The van der Waals surface area contributed by atoms with Crippen LogP contribution >= 0.6 is 34.4 Å². The van der Waals surface area contributed by atoms with Gasteiger partial charge in [-0.05, 0) is 38.0 Å². The lowest BCUT2D eigenvalue weighted by Crippen LogP contribution is -2.37. The molecule has 0 aromatic rings. The smallest absolute Gasteiger partial charge is 0.319 e. The van der Waals surface area contributed by atoms with Crippen LogP contribution in [-0.2, 0) is 9.53 Å². The van der Waals surface area contributed by atoms with E-state index in [1.165, 1.54) is 0 Å². The highest BCUT2D eigenvalue weighted by molar-refractivity contribution is 14.1. The molecule has 2 amide bonds. The monoisotopic (exact) mass is 426 g/mol. The van der Waals surface area contributed by atoms with Crippen LogP contribution in [0.3, 0.4) is 0 Å². The minimum atomic E-state index is -0.162. The van der Waals surface area contributed by atoms with Crippen LogP contribution in [0.5, 0.6) is 0 Å². The summed E-state index contributed by atoms with van der Waals surface area (Å²) in [4.78, 5) is 23.2. The standard InChI is InChI=1S/C14H23IN2O3S/c1-10(13(18)20-8-4-7-15)5-3-6-12-17-14(19)16-11(2)9-21-12/h9-10,12H,3-8H2,1-2H3,(H2,16,17,19). The number of hydrogen-bond acceptors (Lipinski definition) is 4. The molecular weight excluding hydrogens is 403 g/mol. The van der Waals surface area contributed by atoms with Crippen LogP contribution in [0.1, 0.15) is 39.5 Å². The summed E-state index contributed by atoms with van der Waals surface area (Å²) >= 11 is 3.87. The highest BCUT2D eigenvalue weighted by atomic mass is 127. The topological polar surface area (TPSA) is 67.4 Å². The van der Waals surface area contributed by atoms with Gasteiger partial charge >= 0.3 is 12.0 Å². The average molecular weight is 426 g/mol. The van der Waals surface area contributed by atoms with E-state index >= 15 is 0 Å². The molecule has 1 heterocycles. The van der Waals surface area contributed by atoms with E-state index in [1.54, 1.807) is 11.8 Å². The minimum absolute atomic E-state index is 0.0599. The first-order valence-corrected chi connectivity index (χ1v) is 9.62. The molecule has 21 heavy (non-hydrogen) atoms. The molecule has 0 saturated carbocycles.